The second kappa shape index (κ2) is 8.21. The normalized spacial score (nSPS) is 10.6. The Morgan fingerprint density at radius 1 is 0.467 bits per heavy atom. The summed E-state index contributed by atoms with van der Waals surface area (Å²) in [6, 6.07) is 31.3. The van der Waals surface area contributed by atoms with Crippen LogP contribution < -0.4 is 10.0 Å². The maximum Gasteiger partial charge on any atom is 0.118 e. The zero-order chi connectivity index (χ0) is 21.1. The number of benzene rings is 4. The third kappa shape index (κ3) is 3.80. The number of para-hydroxylation sites is 2. The maximum atomic E-state index is 10.1. The Morgan fingerprint density at radius 2 is 0.833 bits per heavy atom. The van der Waals surface area contributed by atoms with Crippen LogP contribution in [0.15, 0.2) is 97.1 Å². The van der Waals surface area contributed by atoms with E-state index in [1.165, 1.54) is 0 Å². The highest BCUT2D eigenvalue weighted by molar-refractivity contribution is 5.78. The van der Waals surface area contributed by atoms with Gasteiger partial charge in [0.1, 0.15) is 11.5 Å². The summed E-state index contributed by atoms with van der Waals surface area (Å²) in [5.74, 6) is 0.525. The molecule has 0 spiro atoms. The Balaban J connectivity index is 1.97. The number of aryl methyl sites for hydroxylation is 2. The fraction of sp³-hybridized carbons (Fsp3) is 0.0769. The van der Waals surface area contributed by atoms with Crippen molar-refractivity contribution in [1.29, 1.82) is 0 Å². The fourth-order valence-electron chi connectivity index (χ4n) is 3.44. The molecule has 4 heteroatoms. The first kappa shape index (κ1) is 19.4. The Bertz CT molecular complexity index is 1050. The lowest BCUT2D eigenvalue weighted by Gasteiger charge is -2.38. The number of nitrogens with zero attached hydrogens (tertiary/aromatic N) is 2. The summed E-state index contributed by atoms with van der Waals surface area (Å²) in [4.78, 5) is 0. The summed E-state index contributed by atoms with van der Waals surface area (Å²) in [5, 5.41) is 24.4. The molecule has 0 aliphatic heterocycles. The summed E-state index contributed by atoms with van der Waals surface area (Å²) in [7, 11) is 0. The van der Waals surface area contributed by atoms with Gasteiger partial charge in [-0.25, -0.2) is 10.0 Å². The molecule has 0 fully saturated rings. The molecule has 0 aliphatic rings. The van der Waals surface area contributed by atoms with Crippen LogP contribution in [0, 0.1) is 13.8 Å². The Kier molecular flexibility index (Phi) is 5.31. The summed E-state index contributed by atoms with van der Waals surface area (Å²) < 4.78 is 0. The van der Waals surface area contributed by atoms with E-state index in [0.29, 0.717) is 0 Å². The monoisotopic (exact) mass is 396 g/mol. The highest BCUT2D eigenvalue weighted by atomic mass is 16.3. The van der Waals surface area contributed by atoms with Crippen LogP contribution in [-0.4, -0.2) is 10.2 Å². The van der Waals surface area contributed by atoms with E-state index in [-0.39, 0.29) is 11.5 Å². The third-order valence-electron chi connectivity index (χ3n) is 5.05. The highest BCUT2D eigenvalue weighted by Crippen LogP contribution is 2.38. The number of phenolic OH excluding ortho intramolecular Hbond substituents is 2. The molecular weight excluding hydrogens is 372 g/mol. The molecule has 0 radical (unpaired) electrons. The van der Waals surface area contributed by atoms with Gasteiger partial charge in [-0.1, -0.05) is 36.4 Å². The van der Waals surface area contributed by atoms with Crippen LogP contribution in [0.3, 0.4) is 0 Å². The van der Waals surface area contributed by atoms with Gasteiger partial charge in [-0.2, -0.15) is 0 Å². The van der Waals surface area contributed by atoms with E-state index in [4.69, 9.17) is 0 Å². The molecule has 4 aromatic rings. The van der Waals surface area contributed by atoms with Crippen molar-refractivity contribution in [2.75, 3.05) is 10.0 Å². The number of phenols is 2. The third-order valence-corrected chi connectivity index (χ3v) is 5.05. The smallest absolute Gasteiger partial charge is 0.118 e. The number of hydrazine groups is 1. The van der Waals surface area contributed by atoms with Gasteiger partial charge in [0.25, 0.3) is 0 Å². The van der Waals surface area contributed by atoms with Crippen molar-refractivity contribution in [2.45, 2.75) is 13.8 Å². The standard InChI is InChI=1S/C26H24N2O2/c1-19-17-23(13-15-25(19)29)27(21-9-5-3-6-10-21)28(22-11-7-4-8-12-22)24-14-16-26(30)20(2)18-24/h3-18,29-30H,1-2H3. The number of anilines is 4. The molecule has 4 rings (SSSR count). The lowest BCUT2D eigenvalue weighted by atomic mass is 10.1. The molecule has 150 valence electrons. The van der Waals surface area contributed by atoms with Crippen molar-refractivity contribution in [2.24, 2.45) is 0 Å². The lowest BCUT2D eigenvalue weighted by Crippen LogP contribution is -2.35. The molecule has 0 saturated carbocycles. The van der Waals surface area contributed by atoms with E-state index in [9.17, 15) is 10.2 Å². The zero-order valence-electron chi connectivity index (χ0n) is 17.0. The quantitative estimate of drug-likeness (QED) is 0.373. The van der Waals surface area contributed by atoms with Gasteiger partial charge < -0.3 is 10.2 Å². The van der Waals surface area contributed by atoms with E-state index in [1.54, 1.807) is 12.1 Å². The second-order valence-corrected chi connectivity index (χ2v) is 7.24. The molecule has 2 N–H and O–H groups in total. The summed E-state index contributed by atoms with van der Waals surface area (Å²) >= 11 is 0. The molecule has 0 unspecified atom stereocenters. The van der Waals surface area contributed by atoms with Gasteiger partial charge in [0.15, 0.2) is 0 Å². The molecule has 30 heavy (non-hydrogen) atoms. The predicted molar refractivity (Wildman–Crippen MR) is 123 cm³/mol. The van der Waals surface area contributed by atoms with Gasteiger partial charge in [-0.15, -0.1) is 0 Å². The lowest BCUT2D eigenvalue weighted by molar-refractivity contribution is 0.470. The van der Waals surface area contributed by atoms with Crippen LogP contribution >= 0.6 is 0 Å². The first-order chi connectivity index (χ1) is 14.5. The molecule has 0 saturated heterocycles. The molecule has 0 amide bonds. The second-order valence-electron chi connectivity index (χ2n) is 7.24. The van der Waals surface area contributed by atoms with E-state index in [0.717, 1.165) is 33.9 Å². The fourth-order valence-corrected chi connectivity index (χ4v) is 3.44. The number of hydrogen-bond acceptors (Lipinski definition) is 4. The minimum Gasteiger partial charge on any atom is -0.508 e. The van der Waals surface area contributed by atoms with Crippen LogP contribution in [0.1, 0.15) is 11.1 Å². The van der Waals surface area contributed by atoms with Gasteiger partial charge in [0.2, 0.25) is 0 Å². The van der Waals surface area contributed by atoms with Crippen LogP contribution in [-0.2, 0) is 0 Å². The van der Waals surface area contributed by atoms with Crippen molar-refractivity contribution in [1.82, 2.24) is 0 Å². The number of aromatic hydroxyl groups is 2. The van der Waals surface area contributed by atoms with E-state index in [1.807, 2.05) is 98.8 Å². The van der Waals surface area contributed by atoms with E-state index in [2.05, 4.69) is 10.0 Å². The molecule has 4 nitrogen and oxygen atoms in total. The topological polar surface area (TPSA) is 46.9 Å². The highest BCUT2D eigenvalue weighted by Gasteiger charge is 2.22. The van der Waals surface area contributed by atoms with Crippen LogP contribution in [0.4, 0.5) is 22.7 Å². The van der Waals surface area contributed by atoms with Crippen LogP contribution in [0.2, 0.25) is 0 Å². The minimum absolute atomic E-state index is 0.263. The molecule has 0 aliphatic carbocycles. The Morgan fingerprint density at radius 3 is 1.17 bits per heavy atom. The number of rotatable bonds is 5. The zero-order valence-corrected chi connectivity index (χ0v) is 17.0. The molecule has 0 bridgehead atoms. The average Bonchev–Trinajstić information content (AvgIpc) is 2.77. The van der Waals surface area contributed by atoms with Gasteiger partial charge in [-0.05, 0) is 85.6 Å². The molecular formula is C26H24N2O2. The van der Waals surface area contributed by atoms with Crippen LogP contribution in [0.5, 0.6) is 11.5 Å². The SMILES string of the molecule is Cc1cc(N(c2ccccc2)N(c2ccccc2)c2ccc(O)c(C)c2)ccc1O. The molecule has 0 aromatic heterocycles. The van der Waals surface area contributed by atoms with Crippen molar-refractivity contribution in [3.05, 3.63) is 108 Å². The summed E-state index contributed by atoms with van der Waals surface area (Å²) in [6.45, 7) is 3.78. The maximum absolute atomic E-state index is 10.1. The van der Waals surface area contributed by atoms with Gasteiger partial charge in [0, 0.05) is 0 Å². The Labute approximate surface area is 176 Å². The summed E-state index contributed by atoms with van der Waals surface area (Å²) in [6.07, 6.45) is 0. The molecule has 4 aromatic carbocycles. The number of hydrogen-bond donors (Lipinski definition) is 2. The minimum atomic E-state index is 0.263. The van der Waals surface area contributed by atoms with E-state index < -0.39 is 0 Å². The Hall–Kier alpha value is -3.92. The van der Waals surface area contributed by atoms with Gasteiger partial charge in [0.05, 0.1) is 22.7 Å². The van der Waals surface area contributed by atoms with Crippen molar-refractivity contribution in [3.8, 4) is 11.5 Å². The first-order valence-electron chi connectivity index (χ1n) is 9.84. The van der Waals surface area contributed by atoms with E-state index >= 15 is 0 Å². The van der Waals surface area contributed by atoms with Gasteiger partial charge in [-0.3, -0.25) is 0 Å². The largest absolute Gasteiger partial charge is 0.508 e. The predicted octanol–water partition coefficient (Wildman–Crippen LogP) is 6.61. The van der Waals surface area contributed by atoms with Gasteiger partial charge >= 0.3 is 0 Å². The molecule has 0 heterocycles. The summed E-state index contributed by atoms with van der Waals surface area (Å²) in [5.41, 5.74) is 5.35. The van der Waals surface area contributed by atoms with Crippen LogP contribution in [0.25, 0.3) is 0 Å². The average molecular weight is 396 g/mol. The first-order valence-corrected chi connectivity index (χ1v) is 9.84. The molecule has 0 atom stereocenters. The van der Waals surface area contributed by atoms with Crippen molar-refractivity contribution in [3.63, 3.8) is 0 Å². The van der Waals surface area contributed by atoms with Crippen molar-refractivity contribution < 1.29 is 10.2 Å². The van der Waals surface area contributed by atoms with Crippen molar-refractivity contribution >= 4 is 22.7 Å².